The predicted molar refractivity (Wildman–Crippen MR) is 147 cm³/mol. The van der Waals surface area contributed by atoms with Crippen LogP contribution in [0.5, 0.6) is 5.75 Å². The first-order valence-corrected chi connectivity index (χ1v) is 12.8. The molecule has 9 heteroatoms. The van der Waals surface area contributed by atoms with Crippen LogP contribution in [0.2, 0.25) is 5.02 Å². The summed E-state index contributed by atoms with van der Waals surface area (Å²) in [6.45, 7) is 0. The number of benzene rings is 3. The van der Waals surface area contributed by atoms with Crippen molar-refractivity contribution in [2.45, 2.75) is 10.9 Å². The molecule has 5 rings (SSSR count). The molecule has 5 aromatic rings. The van der Waals surface area contributed by atoms with E-state index in [2.05, 4.69) is 20.5 Å². The molecule has 0 bridgehead atoms. The first-order chi connectivity index (χ1) is 18.1. The number of nitrogens with one attached hydrogen (secondary N) is 1. The quantitative estimate of drug-likeness (QED) is 0.231. The van der Waals surface area contributed by atoms with Gasteiger partial charge in [0.1, 0.15) is 5.75 Å². The van der Waals surface area contributed by atoms with Crippen LogP contribution >= 0.6 is 23.4 Å². The molecule has 2 heterocycles. The van der Waals surface area contributed by atoms with Crippen LogP contribution < -0.4 is 10.1 Å². The molecule has 0 saturated carbocycles. The molecule has 0 aliphatic rings. The zero-order chi connectivity index (χ0) is 25.6. The van der Waals surface area contributed by atoms with E-state index in [0.717, 1.165) is 27.7 Å². The lowest BCUT2D eigenvalue weighted by Gasteiger charge is -2.11. The third kappa shape index (κ3) is 5.82. The lowest BCUT2D eigenvalue weighted by Crippen LogP contribution is -2.11. The first kappa shape index (κ1) is 24.5. The summed E-state index contributed by atoms with van der Waals surface area (Å²) in [6, 6.07) is 26.1. The fourth-order valence-corrected chi connectivity index (χ4v) is 4.77. The number of hydrogen-bond donors (Lipinski definition) is 1. The lowest BCUT2D eigenvalue weighted by atomic mass is 10.1. The SMILES string of the molecule is COc1ccc(NC(=O)c2ccc(CSc3nnc(-c4ccncc4)n3-c3cccc(Cl)c3)cc2)cc1. The van der Waals surface area contributed by atoms with Gasteiger partial charge in [0.05, 0.1) is 12.8 Å². The van der Waals surface area contributed by atoms with Crippen molar-refractivity contribution in [1.29, 1.82) is 0 Å². The van der Waals surface area contributed by atoms with Crippen LogP contribution in [-0.4, -0.2) is 32.8 Å². The van der Waals surface area contributed by atoms with Gasteiger partial charge in [0, 0.05) is 40.0 Å². The smallest absolute Gasteiger partial charge is 0.255 e. The number of aromatic nitrogens is 4. The van der Waals surface area contributed by atoms with Crippen LogP contribution in [0, 0.1) is 0 Å². The van der Waals surface area contributed by atoms with Crippen LogP contribution in [0.4, 0.5) is 5.69 Å². The van der Waals surface area contributed by atoms with Crippen molar-refractivity contribution >= 4 is 35.0 Å². The minimum Gasteiger partial charge on any atom is -0.497 e. The van der Waals surface area contributed by atoms with E-state index in [4.69, 9.17) is 16.3 Å². The molecule has 0 aliphatic carbocycles. The van der Waals surface area contributed by atoms with Gasteiger partial charge in [-0.1, -0.05) is 41.6 Å². The molecular formula is C28H22ClN5O2S. The van der Waals surface area contributed by atoms with Crippen molar-refractivity contribution < 1.29 is 9.53 Å². The number of rotatable bonds is 8. The average molecular weight is 528 g/mol. The Bertz CT molecular complexity index is 1510. The van der Waals surface area contributed by atoms with E-state index in [1.807, 2.05) is 65.2 Å². The topological polar surface area (TPSA) is 81.9 Å². The number of halogens is 1. The summed E-state index contributed by atoms with van der Waals surface area (Å²) in [4.78, 5) is 16.7. The van der Waals surface area contributed by atoms with Gasteiger partial charge in [-0.15, -0.1) is 10.2 Å². The second-order valence-corrected chi connectivity index (χ2v) is 9.40. The molecule has 0 spiro atoms. The molecule has 184 valence electrons. The Morgan fingerprint density at radius 2 is 1.73 bits per heavy atom. The summed E-state index contributed by atoms with van der Waals surface area (Å²) < 4.78 is 7.14. The molecule has 0 atom stereocenters. The molecule has 37 heavy (non-hydrogen) atoms. The number of hydrogen-bond acceptors (Lipinski definition) is 6. The third-order valence-electron chi connectivity index (χ3n) is 5.57. The Hall–Kier alpha value is -4.14. The molecule has 1 N–H and O–H groups in total. The monoisotopic (exact) mass is 527 g/mol. The van der Waals surface area contributed by atoms with Gasteiger partial charge in [-0.25, -0.2) is 0 Å². The number of carbonyl (C=O) groups is 1. The van der Waals surface area contributed by atoms with Crippen molar-refractivity contribution in [1.82, 2.24) is 19.7 Å². The maximum absolute atomic E-state index is 12.6. The Morgan fingerprint density at radius 1 is 0.973 bits per heavy atom. The van der Waals surface area contributed by atoms with Crippen LogP contribution in [0.1, 0.15) is 15.9 Å². The van der Waals surface area contributed by atoms with E-state index in [1.54, 1.807) is 55.5 Å². The van der Waals surface area contributed by atoms with E-state index in [9.17, 15) is 4.79 Å². The molecule has 3 aromatic carbocycles. The summed E-state index contributed by atoms with van der Waals surface area (Å²) >= 11 is 7.84. The summed E-state index contributed by atoms with van der Waals surface area (Å²) in [5.41, 5.74) is 4.11. The number of amides is 1. The summed E-state index contributed by atoms with van der Waals surface area (Å²) in [6.07, 6.45) is 3.46. The van der Waals surface area contributed by atoms with Gasteiger partial charge >= 0.3 is 0 Å². The molecule has 0 aliphatic heterocycles. The highest BCUT2D eigenvalue weighted by Gasteiger charge is 2.17. The fourth-order valence-electron chi connectivity index (χ4n) is 3.68. The maximum Gasteiger partial charge on any atom is 0.255 e. The van der Waals surface area contributed by atoms with Crippen LogP contribution in [-0.2, 0) is 5.75 Å². The van der Waals surface area contributed by atoms with Crippen molar-refractivity contribution in [2.75, 3.05) is 12.4 Å². The average Bonchev–Trinajstić information content (AvgIpc) is 3.37. The number of anilines is 1. The first-order valence-electron chi connectivity index (χ1n) is 11.4. The third-order valence-corrected chi connectivity index (χ3v) is 6.81. The highest BCUT2D eigenvalue weighted by Crippen LogP contribution is 2.30. The van der Waals surface area contributed by atoms with Crippen LogP contribution in [0.25, 0.3) is 17.1 Å². The van der Waals surface area contributed by atoms with Crippen molar-refractivity contribution in [3.63, 3.8) is 0 Å². The predicted octanol–water partition coefficient (Wildman–Crippen LogP) is 6.54. The zero-order valence-corrected chi connectivity index (χ0v) is 21.4. The molecule has 0 radical (unpaired) electrons. The van der Waals surface area contributed by atoms with E-state index >= 15 is 0 Å². The zero-order valence-electron chi connectivity index (χ0n) is 19.8. The summed E-state index contributed by atoms with van der Waals surface area (Å²) in [5.74, 6) is 1.92. The standard InChI is InChI=1S/C28H22ClN5O2S/c1-36-25-11-9-23(10-12-25)31-27(35)21-7-5-19(6-8-21)18-37-28-33-32-26(20-13-15-30-16-14-20)34(28)24-4-2-3-22(29)17-24/h2-17H,18H2,1H3,(H,31,35). The molecule has 2 aromatic heterocycles. The number of ether oxygens (including phenoxy) is 1. The Morgan fingerprint density at radius 3 is 2.43 bits per heavy atom. The minimum atomic E-state index is -0.174. The second kappa shape index (κ2) is 11.3. The van der Waals surface area contributed by atoms with Crippen LogP contribution in [0.3, 0.4) is 0 Å². The van der Waals surface area contributed by atoms with Gasteiger partial charge in [0.15, 0.2) is 11.0 Å². The van der Waals surface area contributed by atoms with Gasteiger partial charge in [0.2, 0.25) is 0 Å². The minimum absolute atomic E-state index is 0.174. The van der Waals surface area contributed by atoms with E-state index in [1.165, 1.54) is 0 Å². The molecule has 1 amide bonds. The largest absolute Gasteiger partial charge is 0.497 e. The highest BCUT2D eigenvalue weighted by atomic mass is 35.5. The van der Waals surface area contributed by atoms with Gasteiger partial charge in [0.25, 0.3) is 5.91 Å². The fraction of sp³-hybridized carbons (Fsp3) is 0.0714. The number of carbonyl (C=O) groups excluding carboxylic acids is 1. The van der Waals surface area contributed by atoms with Crippen molar-refractivity contribution in [3.05, 3.63) is 113 Å². The molecule has 0 saturated heterocycles. The van der Waals surface area contributed by atoms with E-state index < -0.39 is 0 Å². The Kier molecular flexibility index (Phi) is 7.49. The molecule has 0 fully saturated rings. The lowest BCUT2D eigenvalue weighted by molar-refractivity contribution is 0.102. The number of thioether (sulfide) groups is 1. The van der Waals surface area contributed by atoms with Gasteiger partial charge in [-0.2, -0.15) is 0 Å². The molecule has 7 nitrogen and oxygen atoms in total. The van der Waals surface area contributed by atoms with E-state index in [0.29, 0.717) is 27.9 Å². The maximum atomic E-state index is 12.6. The van der Waals surface area contributed by atoms with Gasteiger partial charge in [-0.3, -0.25) is 14.3 Å². The highest BCUT2D eigenvalue weighted by molar-refractivity contribution is 7.98. The number of methoxy groups -OCH3 is 1. The Labute approximate surface area is 223 Å². The summed E-state index contributed by atoms with van der Waals surface area (Å²) in [5, 5.41) is 13.2. The van der Waals surface area contributed by atoms with E-state index in [-0.39, 0.29) is 5.91 Å². The second-order valence-electron chi connectivity index (χ2n) is 8.03. The van der Waals surface area contributed by atoms with Crippen molar-refractivity contribution in [2.24, 2.45) is 0 Å². The van der Waals surface area contributed by atoms with Gasteiger partial charge in [-0.05, 0) is 72.3 Å². The van der Waals surface area contributed by atoms with Crippen LogP contribution in [0.15, 0.2) is 102 Å². The molecular weight excluding hydrogens is 506 g/mol. The number of nitrogens with zero attached hydrogens (tertiary/aromatic N) is 4. The normalized spacial score (nSPS) is 10.8. The number of pyridine rings is 1. The Balaban J connectivity index is 1.32. The molecule has 0 unspecified atom stereocenters. The summed E-state index contributed by atoms with van der Waals surface area (Å²) in [7, 11) is 1.61. The van der Waals surface area contributed by atoms with Gasteiger partial charge < -0.3 is 10.1 Å². The van der Waals surface area contributed by atoms with Crippen molar-refractivity contribution in [3.8, 4) is 22.8 Å².